The number of rotatable bonds is 7. The molecule has 0 saturated heterocycles. The Morgan fingerprint density at radius 3 is 2.47 bits per heavy atom. The summed E-state index contributed by atoms with van der Waals surface area (Å²) < 4.78 is 0. The standard InChI is InChI=1S/C15H23NO3/c1-2-3-4-5-8-16-14(17)12-10-6-7-11(9-10)13(12)15(18)19/h6-7,10-13H,2-5,8-9H2,1H3,(H,16,17)(H,18,19)/t10-,11-,12+,13-/m0/s1. The molecule has 2 aliphatic carbocycles. The third-order valence-corrected chi connectivity index (χ3v) is 4.38. The van der Waals surface area contributed by atoms with Crippen molar-refractivity contribution in [3.05, 3.63) is 12.2 Å². The summed E-state index contributed by atoms with van der Waals surface area (Å²) in [6.45, 7) is 2.82. The number of unbranched alkanes of at least 4 members (excludes halogenated alkanes) is 3. The van der Waals surface area contributed by atoms with Crippen LogP contribution in [0.3, 0.4) is 0 Å². The number of hydrogen-bond acceptors (Lipinski definition) is 2. The van der Waals surface area contributed by atoms with Crippen LogP contribution in [0.5, 0.6) is 0 Å². The van der Waals surface area contributed by atoms with Gasteiger partial charge in [0.15, 0.2) is 0 Å². The van der Waals surface area contributed by atoms with Crippen molar-refractivity contribution in [3.8, 4) is 0 Å². The van der Waals surface area contributed by atoms with Crippen molar-refractivity contribution in [1.29, 1.82) is 0 Å². The molecule has 106 valence electrons. The molecule has 4 nitrogen and oxygen atoms in total. The van der Waals surface area contributed by atoms with E-state index in [1.54, 1.807) is 0 Å². The number of carbonyl (C=O) groups is 2. The molecule has 4 heteroatoms. The van der Waals surface area contributed by atoms with Gasteiger partial charge in [-0.2, -0.15) is 0 Å². The topological polar surface area (TPSA) is 66.4 Å². The zero-order chi connectivity index (χ0) is 13.8. The van der Waals surface area contributed by atoms with Crippen molar-refractivity contribution < 1.29 is 14.7 Å². The number of carbonyl (C=O) groups excluding carboxylic acids is 1. The molecule has 19 heavy (non-hydrogen) atoms. The van der Waals surface area contributed by atoms with Crippen molar-refractivity contribution in [1.82, 2.24) is 5.32 Å². The first kappa shape index (κ1) is 14.1. The van der Waals surface area contributed by atoms with E-state index in [0.717, 1.165) is 19.3 Å². The summed E-state index contributed by atoms with van der Waals surface area (Å²) in [4.78, 5) is 23.5. The molecule has 1 saturated carbocycles. The molecule has 0 spiro atoms. The Hall–Kier alpha value is -1.32. The molecule has 2 rings (SSSR count). The van der Waals surface area contributed by atoms with Crippen LogP contribution < -0.4 is 5.32 Å². The zero-order valence-corrected chi connectivity index (χ0v) is 11.5. The summed E-state index contributed by atoms with van der Waals surface area (Å²) in [5.74, 6) is -1.60. The minimum atomic E-state index is -0.831. The molecule has 1 fully saturated rings. The largest absolute Gasteiger partial charge is 0.481 e. The summed E-state index contributed by atoms with van der Waals surface area (Å²) in [6, 6.07) is 0. The molecular weight excluding hydrogens is 242 g/mol. The Labute approximate surface area is 114 Å². The second-order valence-corrected chi connectivity index (χ2v) is 5.69. The van der Waals surface area contributed by atoms with Crippen molar-refractivity contribution in [3.63, 3.8) is 0 Å². The number of amides is 1. The van der Waals surface area contributed by atoms with Crippen LogP contribution in [0.1, 0.15) is 39.0 Å². The predicted octanol–water partition coefficient (Wildman–Crippen LogP) is 2.21. The SMILES string of the molecule is CCCCCCNC(=O)[C@H]1[C@@H](C(=O)O)[C@H]2C=C[C@H]1C2. The maximum absolute atomic E-state index is 12.2. The molecular formula is C15H23NO3. The van der Waals surface area contributed by atoms with Gasteiger partial charge in [0, 0.05) is 6.54 Å². The molecule has 0 aromatic heterocycles. The van der Waals surface area contributed by atoms with Gasteiger partial charge in [-0.15, -0.1) is 0 Å². The fourth-order valence-electron chi connectivity index (χ4n) is 3.40. The number of allylic oxidation sites excluding steroid dienone is 2. The molecule has 2 aliphatic rings. The summed E-state index contributed by atoms with van der Waals surface area (Å²) >= 11 is 0. The van der Waals surface area contributed by atoms with Gasteiger partial charge in [0.25, 0.3) is 0 Å². The predicted molar refractivity (Wildman–Crippen MR) is 72.5 cm³/mol. The van der Waals surface area contributed by atoms with E-state index in [1.807, 2.05) is 12.2 Å². The first-order valence-electron chi connectivity index (χ1n) is 7.34. The van der Waals surface area contributed by atoms with Gasteiger partial charge in [0.2, 0.25) is 5.91 Å². The Bertz CT molecular complexity index is 378. The normalized spacial score (nSPS) is 31.6. The Balaban J connectivity index is 1.84. The number of aliphatic carboxylic acids is 1. The first-order valence-corrected chi connectivity index (χ1v) is 7.34. The monoisotopic (exact) mass is 265 g/mol. The Kier molecular flexibility index (Phi) is 4.61. The molecule has 0 heterocycles. The highest BCUT2D eigenvalue weighted by atomic mass is 16.4. The number of carboxylic acids is 1. The average molecular weight is 265 g/mol. The molecule has 0 aliphatic heterocycles. The lowest BCUT2D eigenvalue weighted by Gasteiger charge is -2.23. The minimum Gasteiger partial charge on any atom is -0.481 e. The second kappa shape index (κ2) is 6.22. The highest BCUT2D eigenvalue weighted by molar-refractivity contribution is 5.86. The Morgan fingerprint density at radius 2 is 1.84 bits per heavy atom. The van der Waals surface area contributed by atoms with E-state index >= 15 is 0 Å². The maximum atomic E-state index is 12.2. The van der Waals surface area contributed by atoms with Crippen LogP contribution in [0, 0.1) is 23.7 Å². The fourth-order valence-corrected chi connectivity index (χ4v) is 3.40. The molecule has 2 bridgehead atoms. The van der Waals surface area contributed by atoms with Crippen molar-refractivity contribution >= 4 is 11.9 Å². The molecule has 1 amide bonds. The van der Waals surface area contributed by atoms with Crippen LogP contribution in [0.25, 0.3) is 0 Å². The van der Waals surface area contributed by atoms with E-state index in [2.05, 4.69) is 12.2 Å². The number of nitrogens with one attached hydrogen (secondary N) is 1. The summed E-state index contributed by atoms with van der Waals surface area (Å²) in [7, 11) is 0. The van der Waals surface area contributed by atoms with Gasteiger partial charge < -0.3 is 10.4 Å². The summed E-state index contributed by atoms with van der Waals surface area (Å²) in [5.41, 5.74) is 0. The minimum absolute atomic E-state index is 0.0540. The number of carboxylic acid groups (broad SMARTS) is 1. The lowest BCUT2D eigenvalue weighted by Crippen LogP contribution is -2.40. The molecule has 0 unspecified atom stereocenters. The van der Waals surface area contributed by atoms with Crippen molar-refractivity contribution in [2.45, 2.75) is 39.0 Å². The Morgan fingerprint density at radius 1 is 1.16 bits per heavy atom. The van der Waals surface area contributed by atoms with Gasteiger partial charge in [-0.05, 0) is 24.7 Å². The molecule has 2 N–H and O–H groups in total. The van der Waals surface area contributed by atoms with Gasteiger partial charge in [0.05, 0.1) is 11.8 Å². The van der Waals surface area contributed by atoms with Crippen LogP contribution >= 0.6 is 0 Å². The number of hydrogen-bond donors (Lipinski definition) is 2. The van der Waals surface area contributed by atoms with Gasteiger partial charge in [-0.1, -0.05) is 38.3 Å². The van der Waals surface area contributed by atoms with Crippen LogP contribution in [-0.4, -0.2) is 23.5 Å². The maximum Gasteiger partial charge on any atom is 0.307 e. The fraction of sp³-hybridized carbons (Fsp3) is 0.733. The second-order valence-electron chi connectivity index (χ2n) is 5.69. The van der Waals surface area contributed by atoms with Crippen LogP contribution in [0.2, 0.25) is 0 Å². The third-order valence-electron chi connectivity index (χ3n) is 4.38. The zero-order valence-electron chi connectivity index (χ0n) is 11.5. The van der Waals surface area contributed by atoms with Crippen molar-refractivity contribution in [2.75, 3.05) is 6.54 Å². The summed E-state index contributed by atoms with van der Waals surface area (Å²) in [5, 5.41) is 12.2. The van der Waals surface area contributed by atoms with Gasteiger partial charge in [-0.3, -0.25) is 9.59 Å². The van der Waals surface area contributed by atoms with Gasteiger partial charge >= 0.3 is 5.97 Å². The van der Waals surface area contributed by atoms with Crippen molar-refractivity contribution in [2.24, 2.45) is 23.7 Å². The van der Waals surface area contributed by atoms with Crippen LogP contribution in [-0.2, 0) is 9.59 Å². The molecule has 0 aromatic carbocycles. The van der Waals surface area contributed by atoms with E-state index in [9.17, 15) is 14.7 Å². The third kappa shape index (κ3) is 2.99. The van der Waals surface area contributed by atoms with E-state index < -0.39 is 11.9 Å². The summed E-state index contributed by atoms with van der Waals surface area (Å²) in [6.07, 6.45) is 9.27. The van der Waals surface area contributed by atoms with E-state index in [0.29, 0.717) is 6.54 Å². The van der Waals surface area contributed by atoms with Crippen LogP contribution in [0.4, 0.5) is 0 Å². The van der Waals surface area contributed by atoms with E-state index in [-0.39, 0.29) is 23.7 Å². The van der Waals surface area contributed by atoms with E-state index in [4.69, 9.17) is 0 Å². The highest BCUT2D eigenvalue weighted by Gasteiger charge is 2.51. The molecule has 4 atom stereocenters. The first-order chi connectivity index (χ1) is 9.15. The van der Waals surface area contributed by atoms with Gasteiger partial charge in [-0.25, -0.2) is 0 Å². The highest BCUT2D eigenvalue weighted by Crippen LogP contribution is 2.48. The van der Waals surface area contributed by atoms with E-state index in [1.165, 1.54) is 12.8 Å². The van der Waals surface area contributed by atoms with Crippen LogP contribution in [0.15, 0.2) is 12.2 Å². The molecule has 0 radical (unpaired) electrons. The van der Waals surface area contributed by atoms with Gasteiger partial charge in [0.1, 0.15) is 0 Å². The smallest absolute Gasteiger partial charge is 0.307 e. The average Bonchev–Trinajstić information content (AvgIpc) is 2.98. The molecule has 0 aromatic rings. The quantitative estimate of drug-likeness (QED) is 0.548. The number of fused-ring (bicyclic) bond motifs is 2. The lowest BCUT2D eigenvalue weighted by molar-refractivity contribution is -0.147. The lowest BCUT2D eigenvalue weighted by atomic mass is 9.82.